The SMILES string of the molecule is Nc1ncnc2c1c(-c1noc(C3CC3)c1-c1ccccn1)nn2C1CC(C(=O)NCCCCCCN2CCN(c3ccc4c(c3)C(=O)N([C@@H]3CCC(=O)NC3=O)C4)CC2)C1. The second-order valence-electron chi connectivity index (χ2n) is 17.1. The van der Waals surface area contributed by atoms with Gasteiger partial charge in [-0.1, -0.05) is 30.1 Å². The number of hydrogen-bond donors (Lipinski definition) is 3. The average molecular weight is 827 g/mol. The van der Waals surface area contributed by atoms with Gasteiger partial charge in [0.1, 0.15) is 35.3 Å². The lowest BCUT2D eigenvalue weighted by Gasteiger charge is -2.36. The Bertz CT molecular complexity index is 2480. The topological polar surface area (TPSA) is 211 Å². The number of benzene rings is 1. The lowest BCUT2D eigenvalue weighted by atomic mass is 9.79. The Morgan fingerprint density at radius 1 is 0.934 bits per heavy atom. The Hall–Kier alpha value is -6.23. The number of piperidine rings is 1. The number of nitrogen functional groups attached to an aromatic ring is 1. The minimum atomic E-state index is -0.603. The van der Waals surface area contributed by atoms with Crippen molar-refractivity contribution in [2.45, 2.75) is 88.8 Å². The van der Waals surface area contributed by atoms with E-state index in [1.54, 1.807) is 11.1 Å². The van der Waals surface area contributed by atoms with E-state index in [4.69, 9.17) is 15.4 Å². The highest BCUT2D eigenvalue weighted by Crippen LogP contribution is 2.49. The largest absolute Gasteiger partial charge is 0.383 e. The van der Waals surface area contributed by atoms with Crippen LogP contribution in [0.5, 0.6) is 0 Å². The van der Waals surface area contributed by atoms with E-state index in [2.05, 4.69) is 46.6 Å². The van der Waals surface area contributed by atoms with Gasteiger partial charge in [0, 0.05) is 75.0 Å². The maximum absolute atomic E-state index is 13.3. The first-order valence-corrected chi connectivity index (χ1v) is 21.7. The normalized spacial score (nSPS) is 21.8. The Morgan fingerprint density at radius 3 is 2.56 bits per heavy atom. The molecule has 1 aromatic carbocycles. The molecule has 4 N–H and O–H groups in total. The second-order valence-corrected chi connectivity index (χ2v) is 17.1. The molecule has 0 spiro atoms. The molecule has 5 aromatic rings. The summed E-state index contributed by atoms with van der Waals surface area (Å²) in [5.41, 5.74) is 12.4. The third kappa shape index (κ3) is 7.59. The molecule has 17 heteroatoms. The van der Waals surface area contributed by atoms with Gasteiger partial charge in [-0.3, -0.25) is 34.4 Å². The van der Waals surface area contributed by atoms with Crippen LogP contribution in [0.1, 0.15) is 97.8 Å². The molecule has 4 fully saturated rings. The summed E-state index contributed by atoms with van der Waals surface area (Å²) in [7, 11) is 0. The maximum Gasteiger partial charge on any atom is 0.255 e. The molecular formula is C44H50N12O5. The number of nitrogens with zero attached hydrogens (tertiary/aromatic N) is 9. The number of fused-ring (bicyclic) bond motifs is 2. The fourth-order valence-electron chi connectivity index (χ4n) is 9.40. The van der Waals surface area contributed by atoms with Crippen LogP contribution in [-0.4, -0.2) is 109 Å². The number of hydrogen-bond acceptors (Lipinski definition) is 13. The summed E-state index contributed by atoms with van der Waals surface area (Å²) in [6.07, 6.45) is 11.4. The summed E-state index contributed by atoms with van der Waals surface area (Å²) < 4.78 is 7.81. The molecular weight excluding hydrogens is 777 g/mol. The van der Waals surface area contributed by atoms with Crippen LogP contribution in [0.15, 0.2) is 53.4 Å². The zero-order valence-corrected chi connectivity index (χ0v) is 34.1. The first-order chi connectivity index (χ1) is 29.8. The van der Waals surface area contributed by atoms with Crippen LogP contribution in [0, 0.1) is 5.92 Å². The Balaban J connectivity index is 0.656. The van der Waals surface area contributed by atoms with Crippen molar-refractivity contribution in [1.29, 1.82) is 0 Å². The lowest BCUT2D eigenvalue weighted by Crippen LogP contribution is -2.52. The number of nitrogens with two attached hydrogens (primary N) is 1. The van der Waals surface area contributed by atoms with Gasteiger partial charge >= 0.3 is 0 Å². The van der Waals surface area contributed by atoms with Crippen molar-refractivity contribution in [3.8, 4) is 22.6 Å². The van der Waals surface area contributed by atoms with Crippen LogP contribution in [0.3, 0.4) is 0 Å². The summed E-state index contributed by atoms with van der Waals surface area (Å²) in [5.74, 6) is 0.634. The van der Waals surface area contributed by atoms with Crippen molar-refractivity contribution in [2.24, 2.45) is 5.92 Å². The number of piperazine rings is 1. The minimum Gasteiger partial charge on any atom is -0.383 e. The third-order valence-electron chi connectivity index (χ3n) is 13.1. The Morgan fingerprint density at radius 2 is 1.77 bits per heavy atom. The predicted molar refractivity (Wildman–Crippen MR) is 225 cm³/mol. The second kappa shape index (κ2) is 16.3. The van der Waals surface area contributed by atoms with Gasteiger partial charge < -0.3 is 25.4 Å². The van der Waals surface area contributed by atoms with E-state index in [0.717, 1.165) is 99.5 Å². The number of aromatic nitrogens is 6. The maximum atomic E-state index is 13.3. The third-order valence-corrected chi connectivity index (χ3v) is 13.1. The van der Waals surface area contributed by atoms with E-state index < -0.39 is 6.04 Å². The summed E-state index contributed by atoms with van der Waals surface area (Å²) in [6.45, 7) is 5.77. The van der Waals surface area contributed by atoms with Gasteiger partial charge in [0.05, 0.1) is 22.7 Å². The van der Waals surface area contributed by atoms with E-state index in [0.29, 0.717) is 72.1 Å². The summed E-state index contributed by atoms with van der Waals surface area (Å²) >= 11 is 0. The van der Waals surface area contributed by atoms with Crippen LogP contribution in [0.2, 0.25) is 0 Å². The predicted octanol–water partition coefficient (Wildman–Crippen LogP) is 4.21. The van der Waals surface area contributed by atoms with E-state index >= 15 is 0 Å². The van der Waals surface area contributed by atoms with Crippen molar-refractivity contribution >= 4 is 46.2 Å². The lowest BCUT2D eigenvalue weighted by molar-refractivity contribution is -0.137. The average Bonchev–Trinajstić information content (AvgIpc) is 3.76. The van der Waals surface area contributed by atoms with Crippen molar-refractivity contribution in [3.05, 3.63) is 65.8 Å². The molecule has 4 aromatic heterocycles. The van der Waals surface area contributed by atoms with Crippen LogP contribution >= 0.6 is 0 Å². The highest BCUT2D eigenvalue weighted by atomic mass is 16.5. The first kappa shape index (κ1) is 38.9. The van der Waals surface area contributed by atoms with Crippen molar-refractivity contribution in [3.63, 3.8) is 0 Å². The van der Waals surface area contributed by atoms with Crippen LogP contribution < -0.4 is 21.3 Å². The Labute approximate surface area is 352 Å². The molecule has 10 rings (SSSR count). The molecule has 1 atom stereocenters. The molecule has 3 aliphatic heterocycles. The number of anilines is 2. The minimum absolute atomic E-state index is 0.00768. The van der Waals surface area contributed by atoms with Gasteiger partial charge in [0.2, 0.25) is 17.7 Å². The zero-order valence-electron chi connectivity index (χ0n) is 34.1. The van der Waals surface area contributed by atoms with Gasteiger partial charge in [-0.15, -0.1) is 0 Å². The standard InChI is InChI=1S/C44H50N12O5/c45-40-36-37(38-35(32-7-3-5-14-46-32)39(61-52-38)26-8-9-26)51-56(41(36)49-25-48-40)30-21-28(22-30)42(58)47-15-4-1-2-6-16-53-17-19-54(20-18-53)29-11-10-27-24-55(44(60)31(27)23-29)33-12-13-34(57)50-43(33)59/h3,5,7,10-11,14,23,25-26,28,30,33H,1-2,4,6,8-9,12-13,15-22,24H2,(H,47,58)(H2,45,48,49)(H,50,57,59)/t28?,30?,33-/m1/s1. The Kier molecular flexibility index (Phi) is 10.4. The molecule has 2 saturated heterocycles. The molecule has 7 heterocycles. The quantitative estimate of drug-likeness (QED) is 0.106. The fraction of sp³-hybridized carbons (Fsp3) is 0.477. The monoisotopic (exact) mass is 826 g/mol. The molecule has 5 aliphatic rings. The smallest absolute Gasteiger partial charge is 0.255 e. The van der Waals surface area contributed by atoms with E-state index in [1.807, 2.05) is 35.0 Å². The van der Waals surface area contributed by atoms with Crippen LogP contribution in [-0.2, 0) is 20.9 Å². The number of imide groups is 1. The molecule has 0 bridgehead atoms. The summed E-state index contributed by atoms with van der Waals surface area (Å²) in [6, 6.07) is 11.2. The molecule has 2 saturated carbocycles. The zero-order chi connectivity index (χ0) is 41.6. The first-order valence-electron chi connectivity index (χ1n) is 21.7. The molecule has 2 aliphatic carbocycles. The van der Waals surface area contributed by atoms with Crippen LogP contribution in [0.25, 0.3) is 33.7 Å². The molecule has 4 amide bonds. The van der Waals surface area contributed by atoms with Crippen LogP contribution in [0.4, 0.5) is 11.5 Å². The number of amides is 4. The summed E-state index contributed by atoms with van der Waals surface area (Å²) in [5, 5.41) is 15.7. The molecule has 17 nitrogen and oxygen atoms in total. The number of nitrogens with one attached hydrogen (secondary N) is 2. The number of carbonyl (C=O) groups excluding carboxylic acids is 4. The highest BCUT2D eigenvalue weighted by Gasteiger charge is 2.41. The fourth-order valence-corrected chi connectivity index (χ4v) is 9.40. The molecule has 61 heavy (non-hydrogen) atoms. The van der Waals surface area contributed by atoms with Gasteiger partial charge in [-0.25, -0.2) is 14.6 Å². The van der Waals surface area contributed by atoms with E-state index in [1.165, 1.54) is 6.33 Å². The van der Waals surface area contributed by atoms with Gasteiger partial charge in [-0.05, 0) is 81.3 Å². The number of unbranched alkanes of at least 4 members (excludes halogenated alkanes) is 3. The number of rotatable bonds is 14. The highest BCUT2D eigenvalue weighted by molar-refractivity contribution is 6.06. The van der Waals surface area contributed by atoms with Crippen molar-refractivity contribution in [1.82, 2.24) is 50.3 Å². The summed E-state index contributed by atoms with van der Waals surface area (Å²) in [4.78, 5) is 70.4. The van der Waals surface area contributed by atoms with Crippen molar-refractivity contribution in [2.75, 3.05) is 49.9 Å². The molecule has 0 unspecified atom stereocenters. The van der Waals surface area contributed by atoms with Gasteiger partial charge in [0.25, 0.3) is 5.91 Å². The number of pyridine rings is 1. The molecule has 316 valence electrons. The molecule has 0 radical (unpaired) electrons. The van der Waals surface area contributed by atoms with Gasteiger partial charge in [-0.2, -0.15) is 5.10 Å². The van der Waals surface area contributed by atoms with Gasteiger partial charge in [0.15, 0.2) is 5.65 Å². The van der Waals surface area contributed by atoms with Crippen molar-refractivity contribution < 1.29 is 23.7 Å². The van der Waals surface area contributed by atoms with E-state index in [-0.39, 0.29) is 42.0 Å². The number of carbonyl (C=O) groups is 4. The van der Waals surface area contributed by atoms with E-state index in [9.17, 15) is 19.2 Å².